The maximum Gasteiger partial charge on any atom is 0.168 e. The first kappa shape index (κ1) is 15.2. The molecule has 20 heavy (non-hydrogen) atoms. The molecule has 1 aromatic carbocycles. The van der Waals surface area contributed by atoms with Gasteiger partial charge in [0, 0.05) is 13.5 Å². The van der Waals surface area contributed by atoms with E-state index in [-0.39, 0.29) is 5.78 Å². The van der Waals surface area contributed by atoms with E-state index in [1.54, 1.807) is 7.11 Å². The first-order valence-electron chi connectivity index (χ1n) is 7.62. The molecule has 1 saturated carbocycles. The zero-order chi connectivity index (χ0) is 14.8. The summed E-state index contributed by atoms with van der Waals surface area (Å²) >= 11 is 0. The molecule has 2 rings (SSSR count). The number of ketones is 1. The van der Waals surface area contributed by atoms with Crippen molar-refractivity contribution in [3.8, 4) is 0 Å². The minimum atomic E-state index is -0.549. The predicted molar refractivity (Wildman–Crippen MR) is 82.0 cm³/mol. The standard InChI is InChI=1S/C18H26O2/c1-13-7-6-10-18(12-13,20-4)17(19)11-16-14(2)8-5-9-15(16)3/h5,8-9,13H,6-7,10-12H2,1-4H3. The first-order chi connectivity index (χ1) is 9.48. The van der Waals surface area contributed by atoms with E-state index in [0.717, 1.165) is 19.3 Å². The lowest BCUT2D eigenvalue weighted by atomic mass is 9.74. The Hall–Kier alpha value is -1.15. The van der Waals surface area contributed by atoms with Gasteiger partial charge in [0.1, 0.15) is 5.60 Å². The van der Waals surface area contributed by atoms with Crippen molar-refractivity contribution in [1.29, 1.82) is 0 Å². The van der Waals surface area contributed by atoms with Crippen molar-refractivity contribution in [2.75, 3.05) is 7.11 Å². The zero-order valence-electron chi connectivity index (χ0n) is 13.2. The Labute approximate surface area is 122 Å². The van der Waals surface area contributed by atoms with Crippen LogP contribution in [-0.2, 0) is 16.0 Å². The first-order valence-corrected chi connectivity index (χ1v) is 7.62. The number of Topliss-reactive ketones (excluding diaryl/α,β-unsaturated/α-hetero) is 1. The number of carbonyl (C=O) groups is 1. The molecular weight excluding hydrogens is 248 g/mol. The van der Waals surface area contributed by atoms with Crippen molar-refractivity contribution >= 4 is 5.78 Å². The van der Waals surface area contributed by atoms with Gasteiger partial charge in [-0.25, -0.2) is 0 Å². The Balaban J connectivity index is 2.22. The fourth-order valence-corrected chi connectivity index (χ4v) is 3.51. The van der Waals surface area contributed by atoms with Gasteiger partial charge in [-0.3, -0.25) is 4.79 Å². The minimum absolute atomic E-state index is 0.254. The van der Waals surface area contributed by atoms with Crippen molar-refractivity contribution in [2.24, 2.45) is 5.92 Å². The van der Waals surface area contributed by atoms with Gasteiger partial charge in [-0.2, -0.15) is 0 Å². The lowest BCUT2D eigenvalue weighted by Crippen LogP contribution is -2.45. The van der Waals surface area contributed by atoms with Crippen LogP contribution in [0.2, 0.25) is 0 Å². The summed E-state index contributed by atoms with van der Waals surface area (Å²) in [5, 5.41) is 0. The quantitative estimate of drug-likeness (QED) is 0.829. The predicted octanol–water partition coefficient (Wildman–Crippen LogP) is 4.01. The number of benzene rings is 1. The average Bonchev–Trinajstić information content (AvgIpc) is 2.42. The average molecular weight is 274 g/mol. The summed E-state index contributed by atoms with van der Waals surface area (Å²) in [6.07, 6.45) is 4.54. The van der Waals surface area contributed by atoms with Crippen LogP contribution in [0.4, 0.5) is 0 Å². The fraction of sp³-hybridized carbons (Fsp3) is 0.611. The fourth-order valence-electron chi connectivity index (χ4n) is 3.51. The van der Waals surface area contributed by atoms with Crippen LogP contribution in [0.1, 0.15) is 49.3 Å². The van der Waals surface area contributed by atoms with Crippen molar-refractivity contribution in [3.05, 3.63) is 34.9 Å². The molecule has 0 N–H and O–H groups in total. The molecular formula is C18H26O2. The molecule has 0 heterocycles. The van der Waals surface area contributed by atoms with Crippen LogP contribution in [0.5, 0.6) is 0 Å². The monoisotopic (exact) mass is 274 g/mol. The van der Waals surface area contributed by atoms with E-state index in [0.29, 0.717) is 12.3 Å². The minimum Gasteiger partial charge on any atom is -0.370 e. The van der Waals surface area contributed by atoms with Crippen molar-refractivity contribution in [1.82, 2.24) is 0 Å². The molecule has 1 aliphatic carbocycles. The Bertz CT molecular complexity index is 472. The molecule has 0 amide bonds. The molecule has 0 bridgehead atoms. The summed E-state index contributed by atoms with van der Waals surface area (Å²) in [5.41, 5.74) is 3.03. The Morgan fingerprint density at radius 2 is 2.00 bits per heavy atom. The second-order valence-corrected chi connectivity index (χ2v) is 6.37. The summed E-state index contributed by atoms with van der Waals surface area (Å²) in [5.74, 6) is 0.828. The smallest absolute Gasteiger partial charge is 0.168 e. The maximum absolute atomic E-state index is 12.8. The third kappa shape index (κ3) is 2.95. The molecule has 1 aliphatic rings. The summed E-state index contributed by atoms with van der Waals surface area (Å²) in [4.78, 5) is 12.8. The molecule has 0 aliphatic heterocycles. The Kier molecular flexibility index (Phi) is 4.64. The van der Waals surface area contributed by atoms with Gasteiger partial charge in [-0.1, -0.05) is 31.5 Å². The Morgan fingerprint density at radius 1 is 1.35 bits per heavy atom. The molecule has 2 heteroatoms. The van der Waals surface area contributed by atoms with Gasteiger partial charge >= 0.3 is 0 Å². The van der Waals surface area contributed by atoms with E-state index in [9.17, 15) is 4.79 Å². The van der Waals surface area contributed by atoms with Crippen LogP contribution in [0.25, 0.3) is 0 Å². The maximum atomic E-state index is 12.8. The van der Waals surface area contributed by atoms with Crippen molar-refractivity contribution in [3.63, 3.8) is 0 Å². The van der Waals surface area contributed by atoms with Gasteiger partial charge in [0.15, 0.2) is 5.78 Å². The highest BCUT2D eigenvalue weighted by Crippen LogP contribution is 2.36. The molecule has 0 saturated heterocycles. The van der Waals surface area contributed by atoms with Gasteiger partial charge in [0.2, 0.25) is 0 Å². The molecule has 1 aromatic rings. The number of rotatable bonds is 4. The van der Waals surface area contributed by atoms with Crippen LogP contribution < -0.4 is 0 Å². The van der Waals surface area contributed by atoms with Crippen LogP contribution >= 0.6 is 0 Å². The van der Waals surface area contributed by atoms with E-state index in [1.165, 1.54) is 23.1 Å². The molecule has 0 spiro atoms. The largest absolute Gasteiger partial charge is 0.370 e. The number of methoxy groups -OCH3 is 1. The normalized spacial score (nSPS) is 26.5. The highest BCUT2D eigenvalue weighted by molar-refractivity contribution is 5.89. The molecule has 2 atom stereocenters. The highest BCUT2D eigenvalue weighted by Gasteiger charge is 2.41. The molecule has 1 fully saturated rings. The second-order valence-electron chi connectivity index (χ2n) is 6.37. The highest BCUT2D eigenvalue weighted by atomic mass is 16.5. The zero-order valence-corrected chi connectivity index (χ0v) is 13.2. The number of carbonyl (C=O) groups excluding carboxylic acids is 1. The van der Waals surface area contributed by atoms with Gasteiger partial charge in [-0.15, -0.1) is 0 Å². The van der Waals surface area contributed by atoms with E-state index in [4.69, 9.17) is 4.74 Å². The number of aryl methyl sites for hydroxylation is 2. The SMILES string of the molecule is COC1(C(=O)Cc2c(C)cccc2C)CCCC(C)C1. The summed E-state index contributed by atoms with van der Waals surface area (Å²) < 4.78 is 5.71. The van der Waals surface area contributed by atoms with E-state index < -0.39 is 5.60 Å². The third-order valence-electron chi connectivity index (χ3n) is 4.84. The van der Waals surface area contributed by atoms with Crippen LogP contribution in [0.3, 0.4) is 0 Å². The molecule has 0 radical (unpaired) electrons. The third-order valence-corrected chi connectivity index (χ3v) is 4.84. The van der Waals surface area contributed by atoms with Gasteiger partial charge < -0.3 is 4.74 Å². The number of hydrogen-bond acceptors (Lipinski definition) is 2. The Morgan fingerprint density at radius 3 is 2.55 bits per heavy atom. The summed E-state index contributed by atoms with van der Waals surface area (Å²) in [6, 6.07) is 6.21. The van der Waals surface area contributed by atoms with Crippen LogP contribution in [-0.4, -0.2) is 18.5 Å². The van der Waals surface area contributed by atoms with E-state index >= 15 is 0 Å². The topological polar surface area (TPSA) is 26.3 Å². The number of ether oxygens (including phenoxy) is 1. The lowest BCUT2D eigenvalue weighted by Gasteiger charge is -2.37. The van der Waals surface area contributed by atoms with E-state index in [1.807, 2.05) is 6.07 Å². The van der Waals surface area contributed by atoms with Gasteiger partial charge in [-0.05, 0) is 55.7 Å². The molecule has 2 unspecified atom stereocenters. The van der Waals surface area contributed by atoms with Crippen molar-refractivity contribution < 1.29 is 9.53 Å². The van der Waals surface area contributed by atoms with Crippen LogP contribution in [0.15, 0.2) is 18.2 Å². The van der Waals surface area contributed by atoms with Crippen LogP contribution in [0, 0.1) is 19.8 Å². The molecule has 2 nitrogen and oxygen atoms in total. The molecule has 110 valence electrons. The molecule has 0 aromatic heterocycles. The van der Waals surface area contributed by atoms with E-state index in [2.05, 4.69) is 32.9 Å². The van der Waals surface area contributed by atoms with Gasteiger partial charge in [0.05, 0.1) is 0 Å². The second kappa shape index (κ2) is 6.09. The van der Waals surface area contributed by atoms with Gasteiger partial charge in [0.25, 0.3) is 0 Å². The lowest BCUT2D eigenvalue weighted by molar-refractivity contribution is -0.146. The summed E-state index contributed by atoms with van der Waals surface area (Å²) in [7, 11) is 1.70. The summed E-state index contributed by atoms with van der Waals surface area (Å²) in [6.45, 7) is 6.39. The number of hydrogen-bond donors (Lipinski definition) is 0. The van der Waals surface area contributed by atoms with Crippen molar-refractivity contribution in [2.45, 2.75) is 58.5 Å².